The van der Waals surface area contributed by atoms with Crippen LogP contribution >= 0.6 is 11.3 Å². The minimum atomic E-state index is -0.129. The number of aryl methyl sites for hydroxylation is 1. The molecule has 5 nitrogen and oxygen atoms in total. The highest BCUT2D eigenvalue weighted by atomic mass is 32.1. The molecule has 120 valence electrons. The Morgan fingerprint density at radius 1 is 1.22 bits per heavy atom. The lowest BCUT2D eigenvalue weighted by Gasteiger charge is -2.15. The third kappa shape index (κ3) is 3.42. The van der Waals surface area contributed by atoms with Gasteiger partial charge in [-0.05, 0) is 37.8 Å². The highest BCUT2D eigenvalue weighted by Gasteiger charge is 2.36. The number of aromatic nitrogens is 1. The molecule has 1 aliphatic carbocycles. The van der Waals surface area contributed by atoms with Crippen LogP contribution in [-0.4, -0.2) is 23.8 Å². The maximum absolute atomic E-state index is 12.4. The van der Waals surface area contributed by atoms with Gasteiger partial charge in [-0.2, -0.15) is 0 Å². The summed E-state index contributed by atoms with van der Waals surface area (Å²) in [6.45, 7) is 1.83. The Kier molecular flexibility index (Phi) is 4.43. The molecule has 1 aromatic heterocycles. The van der Waals surface area contributed by atoms with Gasteiger partial charge in [0.1, 0.15) is 9.88 Å². The largest absolute Gasteiger partial charge is 0.354 e. The maximum atomic E-state index is 12.4. The van der Waals surface area contributed by atoms with Crippen molar-refractivity contribution in [3.63, 3.8) is 0 Å². The van der Waals surface area contributed by atoms with Crippen LogP contribution in [0, 0.1) is 12.8 Å². The number of amides is 2. The highest BCUT2D eigenvalue weighted by Crippen LogP contribution is 2.42. The second-order valence-electron chi connectivity index (χ2n) is 5.70. The highest BCUT2D eigenvalue weighted by molar-refractivity contribution is 7.13. The van der Waals surface area contributed by atoms with Crippen molar-refractivity contribution in [3.05, 3.63) is 51.5 Å². The maximum Gasteiger partial charge on any atom is 0.263 e. The number of hydrogen-bond acceptors (Lipinski definition) is 4. The smallest absolute Gasteiger partial charge is 0.263 e. The van der Waals surface area contributed by atoms with Gasteiger partial charge in [-0.25, -0.2) is 4.98 Å². The fraction of sp³-hybridized carbons (Fsp3) is 0.353. The van der Waals surface area contributed by atoms with Crippen LogP contribution in [0.4, 0.5) is 0 Å². The average Bonchev–Trinajstić information content (AvgIpc) is 3.34. The zero-order chi connectivity index (χ0) is 16.4. The van der Waals surface area contributed by atoms with Gasteiger partial charge in [-0.15, -0.1) is 11.3 Å². The molecule has 6 heteroatoms. The van der Waals surface area contributed by atoms with Gasteiger partial charge in [0.05, 0.1) is 11.7 Å². The number of carbonyl (C=O) groups excluding carboxylic acids is 2. The molecule has 2 amide bonds. The fourth-order valence-corrected chi connectivity index (χ4v) is 3.66. The molecular formula is C17H19N3O2S. The summed E-state index contributed by atoms with van der Waals surface area (Å²) in [5.41, 5.74) is 1.35. The third-order valence-electron chi connectivity index (χ3n) is 3.93. The lowest BCUT2D eigenvalue weighted by molar-refractivity contribution is 0.0929. The molecule has 1 aliphatic rings. The van der Waals surface area contributed by atoms with Crippen molar-refractivity contribution >= 4 is 23.2 Å². The minimum Gasteiger partial charge on any atom is -0.354 e. The van der Waals surface area contributed by atoms with Crippen LogP contribution in [0.3, 0.4) is 0 Å². The van der Waals surface area contributed by atoms with E-state index in [1.165, 1.54) is 11.3 Å². The molecule has 3 rings (SSSR count). The first-order valence-corrected chi connectivity index (χ1v) is 8.47. The number of hydrogen-bond donors (Lipinski definition) is 2. The van der Waals surface area contributed by atoms with Crippen molar-refractivity contribution in [1.29, 1.82) is 0 Å². The molecule has 23 heavy (non-hydrogen) atoms. The van der Waals surface area contributed by atoms with Crippen LogP contribution in [0.25, 0.3) is 0 Å². The topological polar surface area (TPSA) is 71.1 Å². The molecule has 1 saturated carbocycles. The molecule has 0 spiro atoms. The number of benzene rings is 1. The van der Waals surface area contributed by atoms with E-state index in [0.717, 1.165) is 17.8 Å². The van der Waals surface area contributed by atoms with Crippen LogP contribution < -0.4 is 10.6 Å². The number of rotatable bonds is 5. The molecule has 2 aromatic rings. The first kappa shape index (κ1) is 15.7. The van der Waals surface area contributed by atoms with Crippen LogP contribution in [0.2, 0.25) is 0 Å². The molecule has 2 N–H and O–H groups in total. The monoisotopic (exact) mass is 329 g/mol. The quantitative estimate of drug-likeness (QED) is 0.886. The van der Waals surface area contributed by atoms with Crippen molar-refractivity contribution in [2.75, 3.05) is 7.05 Å². The molecule has 0 unspecified atom stereocenters. The van der Waals surface area contributed by atoms with E-state index in [1.54, 1.807) is 19.2 Å². The van der Waals surface area contributed by atoms with Gasteiger partial charge in [0, 0.05) is 12.6 Å². The predicted octanol–water partition coefficient (Wildman–Crippen LogP) is 2.69. The molecule has 0 saturated heterocycles. The van der Waals surface area contributed by atoms with E-state index in [-0.39, 0.29) is 17.9 Å². The number of carbonyl (C=O) groups is 2. The zero-order valence-electron chi connectivity index (χ0n) is 13.1. The molecule has 1 aromatic carbocycles. The van der Waals surface area contributed by atoms with Gasteiger partial charge in [0.25, 0.3) is 11.8 Å². The second kappa shape index (κ2) is 6.50. The Hall–Kier alpha value is -2.21. The summed E-state index contributed by atoms with van der Waals surface area (Å²) in [4.78, 5) is 29.4. The average molecular weight is 329 g/mol. The van der Waals surface area contributed by atoms with Gasteiger partial charge in [0.15, 0.2) is 0 Å². The Morgan fingerprint density at radius 3 is 2.52 bits per heavy atom. The number of nitrogens with zero attached hydrogens (tertiary/aromatic N) is 1. The van der Waals surface area contributed by atoms with Crippen LogP contribution in [0.15, 0.2) is 30.3 Å². The first-order valence-electron chi connectivity index (χ1n) is 7.65. The second-order valence-corrected chi connectivity index (χ2v) is 6.73. The van der Waals surface area contributed by atoms with Crippen LogP contribution in [0.1, 0.15) is 49.6 Å². The lowest BCUT2D eigenvalue weighted by Crippen LogP contribution is -2.29. The summed E-state index contributed by atoms with van der Waals surface area (Å²) < 4.78 is 0. The number of nitrogens with one attached hydrogen (secondary N) is 2. The van der Waals surface area contributed by atoms with Gasteiger partial charge >= 0.3 is 0 Å². The van der Waals surface area contributed by atoms with Crippen LogP contribution in [0.5, 0.6) is 0 Å². The van der Waals surface area contributed by atoms with E-state index in [9.17, 15) is 9.59 Å². The lowest BCUT2D eigenvalue weighted by atomic mass is 10.1. The summed E-state index contributed by atoms with van der Waals surface area (Å²) in [6, 6.07) is 9.04. The summed E-state index contributed by atoms with van der Waals surface area (Å²) in [5.74, 6) is 0.178. The van der Waals surface area contributed by atoms with E-state index in [2.05, 4.69) is 15.6 Å². The molecule has 0 radical (unpaired) electrons. The van der Waals surface area contributed by atoms with Crippen LogP contribution in [-0.2, 0) is 0 Å². The Morgan fingerprint density at radius 2 is 1.91 bits per heavy atom. The molecular weight excluding hydrogens is 310 g/mol. The summed E-state index contributed by atoms with van der Waals surface area (Å²) in [6.07, 6.45) is 2.15. The molecule has 0 bridgehead atoms. The molecule has 1 fully saturated rings. The molecule has 1 heterocycles. The number of thiazole rings is 1. The summed E-state index contributed by atoms with van der Waals surface area (Å²) in [5, 5.41) is 6.53. The van der Waals surface area contributed by atoms with Gasteiger partial charge in [0.2, 0.25) is 0 Å². The van der Waals surface area contributed by atoms with Gasteiger partial charge in [-0.1, -0.05) is 18.2 Å². The molecule has 1 atom stereocenters. The Balaban J connectivity index is 1.83. The van der Waals surface area contributed by atoms with Crippen molar-refractivity contribution in [1.82, 2.24) is 15.6 Å². The van der Waals surface area contributed by atoms with E-state index in [1.807, 2.05) is 25.1 Å². The Labute approximate surface area is 139 Å². The van der Waals surface area contributed by atoms with Crippen molar-refractivity contribution in [3.8, 4) is 0 Å². The van der Waals surface area contributed by atoms with E-state index in [4.69, 9.17) is 0 Å². The summed E-state index contributed by atoms with van der Waals surface area (Å²) >= 11 is 1.37. The van der Waals surface area contributed by atoms with Gasteiger partial charge < -0.3 is 10.6 Å². The zero-order valence-corrected chi connectivity index (χ0v) is 13.9. The van der Waals surface area contributed by atoms with E-state index < -0.39 is 0 Å². The minimum absolute atomic E-state index is 0.100. The SMILES string of the molecule is CNC(=O)c1sc([C@@H](NC(=O)c2ccccc2)C2CC2)nc1C. The first-order chi connectivity index (χ1) is 11.1. The standard InChI is InChI=1S/C17H19N3O2S/c1-10-14(16(22)18-2)23-17(19-10)13(11-8-9-11)20-15(21)12-6-4-3-5-7-12/h3-7,11,13H,8-9H2,1-2H3,(H,18,22)(H,20,21)/t13-/m0/s1. The van der Waals surface area contributed by atoms with Crippen molar-refractivity contribution in [2.24, 2.45) is 5.92 Å². The molecule has 0 aliphatic heterocycles. The predicted molar refractivity (Wildman–Crippen MR) is 89.6 cm³/mol. The van der Waals surface area contributed by atoms with Crippen molar-refractivity contribution < 1.29 is 9.59 Å². The summed E-state index contributed by atoms with van der Waals surface area (Å²) in [7, 11) is 1.61. The van der Waals surface area contributed by atoms with E-state index >= 15 is 0 Å². The Bertz CT molecular complexity index is 723. The van der Waals surface area contributed by atoms with E-state index in [0.29, 0.717) is 22.1 Å². The third-order valence-corrected chi connectivity index (χ3v) is 5.17. The fourth-order valence-electron chi connectivity index (χ4n) is 2.50. The van der Waals surface area contributed by atoms with Crippen molar-refractivity contribution in [2.45, 2.75) is 25.8 Å². The van der Waals surface area contributed by atoms with Gasteiger partial charge in [-0.3, -0.25) is 9.59 Å². The normalized spacial score (nSPS) is 15.0.